The van der Waals surface area contributed by atoms with E-state index in [9.17, 15) is 9.90 Å². The molecule has 0 radical (unpaired) electrons. The van der Waals surface area contributed by atoms with E-state index in [0.29, 0.717) is 12.6 Å². The lowest BCUT2D eigenvalue weighted by atomic mass is 9.97. The molecule has 1 aliphatic heterocycles. The summed E-state index contributed by atoms with van der Waals surface area (Å²) in [5.74, 6) is 0.144. The Bertz CT molecular complexity index is 275. The molecule has 2 N–H and O–H groups in total. The van der Waals surface area contributed by atoms with Gasteiger partial charge in [-0.15, -0.1) is 0 Å². The monoisotopic (exact) mass is 268 g/mol. The van der Waals surface area contributed by atoms with Crippen LogP contribution < -0.4 is 5.32 Å². The first kappa shape index (κ1) is 14.8. The van der Waals surface area contributed by atoms with Crippen LogP contribution in [0.15, 0.2) is 0 Å². The van der Waals surface area contributed by atoms with E-state index in [2.05, 4.69) is 10.2 Å². The largest absolute Gasteiger partial charge is 0.395 e. The molecule has 19 heavy (non-hydrogen) atoms. The second-order valence-electron chi connectivity index (χ2n) is 6.06. The van der Waals surface area contributed by atoms with E-state index in [1.807, 2.05) is 0 Å². The van der Waals surface area contributed by atoms with Crippen LogP contribution in [0.2, 0.25) is 0 Å². The van der Waals surface area contributed by atoms with Crippen LogP contribution in [-0.4, -0.2) is 47.7 Å². The van der Waals surface area contributed by atoms with E-state index in [0.717, 1.165) is 32.2 Å². The number of aliphatic hydroxyl groups excluding tert-OH is 1. The van der Waals surface area contributed by atoms with Gasteiger partial charge in [0.25, 0.3) is 0 Å². The molecule has 4 heteroatoms. The molecule has 1 aliphatic carbocycles. The van der Waals surface area contributed by atoms with Gasteiger partial charge >= 0.3 is 0 Å². The molecule has 2 rings (SSSR count). The van der Waals surface area contributed by atoms with Gasteiger partial charge in [0.15, 0.2) is 0 Å². The fraction of sp³-hybridized carbons (Fsp3) is 0.933. The van der Waals surface area contributed by atoms with E-state index < -0.39 is 0 Å². The van der Waals surface area contributed by atoms with Gasteiger partial charge in [0.1, 0.15) is 0 Å². The predicted octanol–water partition coefficient (Wildman–Crippen LogP) is 1.67. The molecule has 4 nitrogen and oxygen atoms in total. The molecule has 0 aromatic heterocycles. The quantitative estimate of drug-likeness (QED) is 0.815. The lowest BCUT2D eigenvalue weighted by Crippen LogP contribution is -2.44. The van der Waals surface area contributed by atoms with Crippen molar-refractivity contribution in [1.82, 2.24) is 10.2 Å². The molecule has 2 aliphatic rings. The van der Waals surface area contributed by atoms with Crippen molar-refractivity contribution < 1.29 is 9.90 Å². The van der Waals surface area contributed by atoms with Crippen molar-refractivity contribution in [3.63, 3.8) is 0 Å². The van der Waals surface area contributed by atoms with Gasteiger partial charge in [-0.05, 0) is 32.2 Å². The molecular weight excluding hydrogens is 240 g/mol. The lowest BCUT2D eigenvalue weighted by Gasteiger charge is -2.25. The topological polar surface area (TPSA) is 52.6 Å². The fourth-order valence-corrected chi connectivity index (χ4v) is 3.37. The van der Waals surface area contributed by atoms with Crippen molar-refractivity contribution in [2.75, 3.05) is 19.7 Å². The van der Waals surface area contributed by atoms with Crippen molar-refractivity contribution in [2.45, 2.75) is 69.9 Å². The molecule has 0 spiro atoms. The van der Waals surface area contributed by atoms with Crippen molar-refractivity contribution in [1.29, 1.82) is 0 Å². The summed E-state index contributed by atoms with van der Waals surface area (Å²) in [5.41, 5.74) is 0. The Labute approximate surface area is 116 Å². The summed E-state index contributed by atoms with van der Waals surface area (Å²) in [6.45, 7) is 1.59. The SMILES string of the molecule is O=C(CN1CCC[C@@H]1CO)NC1CCCCCCC1. The smallest absolute Gasteiger partial charge is 0.234 e. The minimum atomic E-state index is 0.144. The number of hydrogen-bond acceptors (Lipinski definition) is 3. The molecule has 1 atom stereocenters. The third kappa shape index (κ3) is 4.77. The molecule has 110 valence electrons. The maximum absolute atomic E-state index is 12.1. The van der Waals surface area contributed by atoms with Gasteiger partial charge < -0.3 is 10.4 Å². The number of carbonyl (C=O) groups is 1. The minimum absolute atomic E-state index is 0.144. The van der Waals surface area contributed by atoms with Crippen molar-refractivity contribution in [3.8, 4) is 0 Å². The number of hydrogen-bond donors (Lipinski definition) is 2. The zero-order chi connectivity index (χ0) is 13.5. The van der Waals surface area contributed by atoms with Gasteiger partial charge in [0, 0.05) is 12.1 Å². The van der Waals surface area contributed by atoms with Crippen LogP contribution >= 0.6 is 0 Å². The zero-order valence-electron chi connectivity index (χ0n) is 11.9. The first-order chi connectivity index (χ1) is 9.29. The van der Waals surface area contributed by atoms with Crippen LogP contribution in [0.4, 0.5) is 0 Å². The van der Waals surface area contributed by atoms with Gasteiger partial charge in [-0.1, -0.05) is 32.1 Å². The van der Waals surface area contributed by atoms with E-state index in [-0.39, 0.29) is 18.6 Å². The van der Waals surface area contributed by atoms with Crippen LogP contribution in [0.5, 0.6) is 0 Å². The molecule has 0 bridgehead atoms. The Morgan fingerprint density at radius 2 is 1.74 bits per heavy atom. The Morgan fingerprint density at radius 1 is 1.05 bits per heavy atom. The fourth-order valence-electron chi connectivity index (χ4n) is 3.37. The van der Waals surface area contributed by atoms with Gasteiger partial charge in [0.05, 0.1) is 13.2 Å². The highest BCUT2D eigenvalue weighted by molar-refractivity contribution is 5.78. The van der Waals surface area contributed by atoms with Crippen LogP contribution in [0.1, 0.15) is 57.8 Å². The number of nitrogens with zero attached hydrogens (tertiary/aromatic N) is 1. The van der Waals surface area contributed by atoms with Gasteiger partial charge in [0.2, 0.25) is 5.91 Å². The highest BCUT2D eigenvalue weighted by Gasteiger charge is 2.26. The Balaban J connectivity index is 1.73. The number of aliphatic hydroxyl groups is 1. The lowest BCUT2D eigenvalue weighted by molar-refractivity contribution is -0.123. The molecule has 0 unspecified atom stereocenters. The maximum Gasteiger partial charge on any atom is 0.234 e. The van der Waals surface area contributed by atoms with Crippen molar-refractivity contribution >= 4 is 5.91 Å². The summed E-state index contributed by atoms with van der Waals surface area (Å²) in [6, 6.07) is 0.575. The second-order valence-corrected chi connectivity index (χ2v) is 6.06. The third-order valence-corrected chi connectivity index (χ3v) is 4.53. The summed E-state index contributed by atoms with van der Waals surface area (Å²) in [5, 5.41) is 12.5. The number of rotatable bonds is 4. The summed E-state index contributed by atoms with van der Waals surface area (Å²) in [4.78, 5) is 14.2. The molecule has 1 saturated heterocycles. The van der Waals surface area contributed by atoms with Gasteiger partial charge in [-0.25, -0.2) is 0 Å². The predicted molar refractivity (Wildman–Crippen MR) is 75.9 cm³/mol. The average Bonchev–Trinajstić information content (AvgIpc) is 2.79. The first-order valence-electron chi connectivity index (χ1n) is 7.94. The summed E-state index contributed by atoms with van der Waals surface area (Å²) in [6.07, 6.45) is 10.9. The Hall–Kier alpha value is -0.610. The molecule has 1 heterocycles. The summed E-state index contributed by atoms with van der Waals surface area (Å²) < 4.78 is 0. The average molecular weight is 268 g/mol. The number of likely N-dealkylation sites (tertiary alicyclic amines) is 1. The normalized spacial score (nSPS) is 26.9. The van der Waals surface area contributed by atoms with Crippen LogP contribution in [0.25, 0.3) is 0 Å². The minimum Gasteiger partial charge on any atom is -0.395 e. The van der Waals surface area contributed by atoms with E-state index in [4.69, 9.17) is 0 Å². The first-order valence-corrected chi connectivity index (χ1v) is 7.94. The highest BCUT2D eigenvalue weighted by atomic mass is 16.3. The molecule has 2 fully saturated rings. The molecule has 0 aromatic carbocycles. The van der Waals surface area contributed by atoms with Crippen LogP contribution in [0, 0.1) is 0 Å². The summed E-state index contributed by atoms with van der Waals surface area (Å²) in [7, 11) is 0. The number of carbonyl (C=O) groups excluding carboxylic acids is 1. The van der Waals surface area contributed by atoms with Crippen molar-refractivity contribution in [3.05, 3.63) is 0 Å². The van der Waals surface area contributed by atoms with Gasteiger partial charge in [-0.3, -0.25) is 9.69 Å². The van der Waals surface area contributed by atoms with Gasteiger partial charge in [-0.2, -0.15) is 0 Å². The van der Waals surface area contributed by atoms with E-state index in [1.54, 1.807) is 0 Å². The molecule has 1 saturated carbocycles. The van der Waals surface area contributed by atoms with Crippen molar-refractivity contribution in [2.24, 2.45) is 0 Å². The number of nitrogens with one attached hydrogen (secondary N) is 1. The Kier molecular flexibility index (Phi) is 6.11. The number of amides is 1. The zero-order valence-corrected chi connectivity index (χ0v) is 11.9. The Morgan fingerprint density at radius 3 is 2.42 bits per heavy atom. The van der Waals surface area contributed by atoms with E-state index in [1.165, 1.54) is 32.1 Å². The molecular formula is C15H28N2O2. The molecule has 1 amide bonds. The standard InChI is InChI=1S/C15H28N2O2/c18-12-14-9-6-10-17(14)11-15(19)16-13-7-4-2-1-3-5-8-13/h13-14,18H,1-12H2,(H,16,19)/t14-/m1/s1. The third-order valence-electron chi connectivity index (χ3n) is 4.53. The van der Waals surface area contributed by atoms with E-state index >= 15 is 0 Å². The summed E-state index contributed by atoms with van der Waals surface area (Å²) >= 11 is 0. The second kappa shape index (κ2) is 7.85. The van der Waals surface area contributed by atoms with Crippen LogP contribution in [0.3, 0.4) is 0 Å². The molecule has 0 aromatic rings. The maximum atomic E-state index is 12.1. The van der Waals surface area contributed by atoms with Crippen LogP contribution in [-0.2, 0) is 4.79 Å². The highest BCUT2D eigenvalue weighted by Crippen LogP contribution is 2.18.